The van der Waals surface area contributed by atoms with Crippen LogP contribution < -0.4 is 5.73 Å². The molecule has 14 heavy (non-hydrogen) atoms. The lowest BCUT2D eigenvalue weighted by atomic mass is 9.97. The molecule has 2 nitrogen and oxygen atoms in total. The fourth-order valence-electron chi connectivity index (χ4n) is 1.10. The maximum absolute atomic E-state index is 13.0. The van der Waals surface area contributed by atoms with E-state index in [0.29, 0.717) is 12.0 Å². The van der Waals surface area contributed by atoms with Gasteiger partial charge in [-0.05, 0) is 31.9 Å². The Morgan fingerprint density at radius 2 is 2.00 bits per heavy atom. The summed E-state index contributed by atoms with van der Waals surface area (Å²) in [5, 5.41) is -0.0106. The zero-order chi connectivity index (χ0) is 10.9. The number of nitrogens with zero attached hydrogens (tertiary/aromatic N) is 1. The van der Waals surface area contributed by atoms with E-state index in [4.69, 9.17) is 28.9 Å². The van der Waals surface area contributed by atoms with Crippen molar-refractivity contribution in [2.24, 2.45) is 5.73 Å². The highest BCUT2D eigenvalue weighted by molar-refractivity contribution is 6.32. The number of hydrogen-bond acceptors (Lipinski definition) is 2. The molecular weight excluding hydrogens is 226 g/mol. The van der Waals surface area contributed by atoms with E-state index < -0.39 is 11.4 Å². The van der Waals surface area contributed by atoms with Crippen LogP contribution >= 0.6 is 23.2 Å². The third-order valence-electron chi connectivity index (χ3n) is 1.61. The molecule has 1 aromatic heterocycles. The molecule has 0 atom stereocenters. The van der Waals surface area contributed by atoms with Gasteiger partial charge in [-0.25, -0.2) is 9.37 Å². The molecule has 1 rings (SSSR count). The van der Waals surface area contributed by atoms with Crippen molar-refractivity contribution in [2.45, 2.75) is 25.8 Å². The minimum absolute atomic E-state index is 0.204. The maximum Gasteiger partial charge on any atom is 0.166 e. The van der Waals surface area contributed by atoms with Gasteiger partial charge in [0.1, 0.15) is 5.15 Å². The molecule has 0 saturated carbocycles. The van der Waals surface area contributed by atoms with Gasteiger partial charge in [0, 0.05) is 5.54 Å². The lowest BCUT2D eigenvalue weighted by molar-refractivity contribution is 0.513. The zero-order valence-corrected chi connectivity index (χ0v) is 9.45. The standard InChI is InChI=1S/C9H11Cl2FN2/c1-9(2,13)4-5-3-6(12)8(11)14-7(5)10/h3H,4,13H2,1-2H3. The first-order chi connectivity index (χ1) is 6.29. The van der Waals surface area contributed by atoms with Gasteiger partial charge in [0.15, 0.2) is 11.0 Å². The van der Waals surface area contributed by atoms with Crippen molar-refractivity contribution < 1.29 is 4.39 Å². The van der Waals surface area contributed by atoms with Gasteiger partial charge >= 0.3 is 0 Å². The molecule has 0 saturated heterocycles. The highest BCUT2D eigenvalue weighted by Crippen LogP contribution is 2.23. The van der Waals surface area contributed by atoms with Gasteiger partial charge in [-0.1, -0.05) is 23.2 Å². The lowest BCUT2D eigenvalue weighted by Gasteiger charge is -2.18. The molecule has 1 heterocycles. The van der Waals surface area contributed by atoms with Crippen LogP contribution in [0.1, 0.15) is 19.4 Å². The van der Waals surface area contributed by atoms with E-state index in [1.165, 1.54) is 6.07 Å². The van der Waals surface area contributed by atoms with Crippen LogP contribution in [0.2, 0.25) is 10.3 Å². The van der Waals surface area contributed by atoms with Gasteiger partial charge in [0.25, 0.3) is 0 Å². The second kappa shape index (κ2) is 4.01. The summed E-state index contributed by atoms with van der Waals surface area (Å²) in [5.74, 6) is -0.574. The van der Waals surface area contributed by atoms with Gasteiger partial charge in [0.2, 0.25) is 0 Å². The van der Waals surface area contributed by atoms with Crippen molar-refractivity contribution >= 4 is 23.2 Å². The second-order valence-corrected chi connectivity index (χ2v) is 4.59. The normalized spacial score (nSPS) is 11.9. The molecule has 0 bridgehead atoms. The van der Waals surface area contributed by atoms with Crippen molar-refractivity contribution in [1.29, 1.82) is 0 Å². The monoisotopic (exact) mass is 236 g/mol. The molecular formula is C9H11Cl2FN2. The number of pyridine rings is 1. The zero-order valence-electron chi connectivity index (χ0n) is 7.94. The molecule has 0 aliphatic rings. The topological polar surface area (TPSA) is 38.9 Å². The summed E-state index contributed by atoms with van der Waals surface area (Å²) in [5.41, 5.74) is 5.90. The summed E-state index contributed by atoms with van der Waals surface area (Å²) < 4.78 is 13.0. The quantitative estimate of drug-likeness (QED) is 0.803. The van der Waals surface area contributed by atoms with Crippen molar-refractivity contribution in [3.8, 4) is 0 Å². The lowest BCUT2D eigenvalue weighted by Crippen LogP contribution is -2.34. The largest absolute Gasteiger partial charge is 0.325 e. The molecule has 5 heteroatoms. The number of halogens is 3. The maximum atomic E-state index is 13.0. The Kier molecular flexibility index (Phi) is 3.35. The SMILES string of the molecule is CC(C)(N)Cc1cc(F)c(Cl)nc1Cl. The smallest absolute Gasteiger partial charge is 0.166 e. The van der Waals surface area contributed by atoms with Crippen LogP contribution in [-0.4, -0.2) is 10.5 Å². The average molecular weight is 237 g/mol. The van der Waals surface area contributed by atoms with Gasteiger partial charge < -0.3 is 5.73 Å². The first kappa shape index (κ1) is 11.7. The van der Waals surface area contributed by atoms with Crippen molar-refractivity contribution in [3.63, 3.8) is 0 Å². The Labute approximate surface area is 92.2 Å². The fraction of sp³-hybridized carbons (Fsp3) is 0.444. The third kappa shape index (κ3) is 3.08. The summed E-state index contributed by atoms with van der Waals surface area (Å²) in [6, 6.07) is 1.27. The molecule has 0 unspecified atom stereocenters. The van der Waals surface area contributed by atoms with Gasteiger partial charge in [-0.3, -0.25) is 0 Å². The van der Waals surface area contributed by atoms with Crippen LogP contribution in [0.15, 0.2) is 6.07 Å². The third-order valence-corrected chi connectivity index (χ3v) is 2.20. The van der Waals surface area contributed by atoms with E-state index in [-0.39, 0.29) is 10.3 Å². The predicted molar refractivity (Wildman–Crippen MR) is 56.2 cm³/mol. The van der Waals surface area contributed by atoms with Crippen LogP contribution in [0.5, 0.6) is 0 Å². The minimum Gasteiger partial charge on any atom is -0.325 e. The van der Waals surface area contributed by atoms with Crippen LogP contribution in [0.25, 0.3) is 0 Å². The highest BCUT2D eigenvalue weighted by Gasteiger charge is 2.16. The van der Waals surface area contributed by atoms with Crippen molar-refractivity contribution in [3.05, 3.63) is 27.8 Å². The molecule has 1 aromatic rings. The Bertz CT molecular complexity index is 347. The molecule has 0 aliphatic heterocycles. The summed E-state index contributed by atoms with van der Waals surface area (Å²) in [6.45, 7) is 3.66. The van der Waals surface area contributed by atoms with E-state index in [0.717, 1.165) is 0 Å². The Morgan fingerprint density at radius 1 is 1.43 bits per heavy atom. The summed E-state index contributed by atoms with van der Waals surface area (Å²) in [6.07, 6.45) is 0.451. The molecule has 2 N–H and O–H groups in total. The summed E-state index contributed by atoms with van der Waals surface area (Å²) >= 11 is 11.2. The van der Waals surface area contributed by atoms with Crippen LogP contribution in [0, 0.1) is 5.82 Å². The minimum atomic E-state index is -0.574. The van der Waals surface area contributed by atoms with Crippen LogP contribution in [0.3, 0.4) is 0 Å². The van der Waals surface area contributed by atoms with E-state index in [2.05, 4.69) is 4.98 Å². The number of nitrogens with two attached hydrogens (primary N) is 1. The number of aromatic nitrogens is 1. The van der Waals surface area contributed by atoms with Crippen LogP contribution in [0.4, 0.5) is 4.39 Å². The molecule has 0 fully saturated rings. The average Bonchev–Trinajstić information content (AvgIpc) is 1.97. The Morgan fingerprint density at radius 3 is 2.50 bits per heavy atom. The number of hydrogen-bond donors (Lipinski definition) is 1. The molecule has 0 radical (unpaired) electrons. The molecule has 0 aromatic carbocycles. The Balaban J connectivity index is 3.04. The van der Waals surface area contributed by atoms with Crippen LogP contribution in [-0.2, 0) is 6.42 Å². The van der Waals surface area contributed by atoms with Gasteiger partial charge in [0.05, 0.1) is 0 Å². The Hall–Kier alpha value is -0.380. The fourth-order valence-corrected chi connectivity index (χ4v) is 1.49. The van der Waals surface area contributed by atoms with E-state index in [9.17, 15) is 4.39 Å². The predicted octanol–water partition coefficient (Wildman–Crippen LogP) is 2.81. The van der Waals surface area contributed by atoms with Crippen molar-refractivity contribution in [2.75, 3.05) is 0 Å². The van der Waals surface area contributed by atoms with Gasteiger partial charge in [-0.2, -0.15) is 0 Å². The molecule has 0 spiro atoms. The van der Waals surface area contributed by atoms with E-state index in [1.807, 2.05) is 13.8 Å². The summed E-state index contributed by atoms with van der Waals surface area (Å²) in [4.78, 5) is 3.66. The van der Waals surface area contributed by atoms with Gasteiger partial charge in [-0.15, -0.1) is 0 Å². The van der Waals surface area contributed by atoms with E-state index >= 15 is 0 Å². The molecule has 78 valence electrons. The highest BCUT2D eigenvalue weighted by atomic mass is 35.5. The first-order valence-electron chi connectivity index (χ1n) is 4.09. The summed E-state index contributed by atoms with van der Waals surface area (Å²) in [7, 11) is 0. The van der Waals surface area contributed by atoms with E-state index in [1.54, 1.807) is 0 Å². The molecule has 0 amide bonds. The number of rotatable bonds is 2. The molecule has 0 aliphatic carbocycles. The first-order valence-corrected chi connectivity index (χ1v) is 4.84. The van der Waals surface area contributed by atoms with Crippen molar-refractivity contribution in [1.82, 2.24) is 4.98 Å². The second-order valence-electron chi connectivity index (χ2n) is 3.88.